The van der Waals surface area contributed by atoms with E-state index >= 15 is 0 Å². The Morgan fingerprint density at radius 3 is 2.68 bits per heavy atom. The molecule has 3 rings (SSSR count). The van der Waals surface area contributed by atoms with Gasteiger partial charge < -0.3 is 15.2 Å². The van der Waals surface area contributed by atoms with Crippen LogP contribution in [0.2, 0.25) is 0 Å². The molecule has 2 N–H and O–H groups in total. The van der Waals surface area contributed by atoms with Gasteiger partial charge in [-0.3, -0.25) is 0 Å². The fraction of sp³-hybridized carbons (Fsp3) is 0.625. The third-order valence-corrected chi connectivity index (χ3v) is 4.57. The molecule has 2 atom stereocenters. The Hall–Kier alpha value is -1.06. The van der Waals surface area contributed by atoms with Gasteiger partial charge in [-0.25, -0.2) is 0 Å². The molecule has 104 valence electrons. The summed E-state index contributed by atoms with van der Waals surface area (Å²) >= 11 is 0. The maximum Gasteiger partial charge on any atom is 0.120 e. The standard InChI is InChI=1S/C16H23NO2/c1-10-3-4-14(18)16-13(9-11(2)15(10)16)17-12-5-7-19-8-6-12/h3-4,11-13,17-18H,5-9H2,1-2H3. The molecule has 19 heavy (non-hydrogen) atoms. The number of hydrogen-bond donors (Lipinski definition) is 2. The monoisotopic (exact) mass is 261 g/mol. The van der Waals surface area contributed by atoms with Crippen LogP contribution >= 0.6 is 0 Å². The zero-order valence-corrected chi connectivity index (χ0v) is 11.8. The van der Waals surface area contributed by atoms with E-state index in [1.54, 1.807) is 0 Å². The predicted octanol–water partition coefficient (Wildman–Crippen LogP) is 3.02. The summed E-state index contributed by atoms with van der Waals surface area (Å²) in [6.45, 7) is 6.11. The van der Waals surface area contributed by atoms with Gasteiger partial charge in [0.1, 0.15) is 5.75 Å². The van der Waals surface area contributed by atoms with E-state index in [-0.39, 0.29) is 0 Å². The minimum Gasteiger partial charge on any atom is -0.508 e. The third-order valence-electron chi connectivity index (χ3n) is 4.57. The van der Waals surface area contributed by atoms with Crippen molar-refractivity contribution < 1.29 is 9.84 Å². The number of aromatic hydroxyl groups is 1. The van der Waals surface area contributed by atoms with Crippen LogP contribution in [0.3, 0.4) is 0 Å². The van der Waals surface area contributed by atoms with Gasteiger partial charge in [-0.15, -0.1) is 0 Å². The summed E-state index contributed by atoms with van der Waals surface area (Å²) in [5, 5.41) is 13.9. The van der Waals surface area contributed by atoms with Crippen molar-refractivity contribution in [2.75, 3.05) is 13.2 Å². The largest absolute Gasteiger partial charge is 0.508 e. The van der Waals surface area contributed by atoms with E-state index in [2.05, 4.69) is 19.2 Å². The maximum absolute atomic E-state index is 10.2. The zero-order chi connectivity index (χ0) is 13.4. The van der Waals surface area contributed by atoms with Crippen molar-refractivity contribution in [2.45, 2.75) is 51.1 Å². The van der Waals surface area contributed by atoms with Gasteiger partial charge in [0.05, 0.1) is 0 Å². The lowest BCUT2D eigenvalue weighted by molar-refractivity contribution is 0.0746. The van der Waals surface area contributed by atoms with Crippen molar-refractivity contribution in [1.82, 2.24) is 5.32 Å². The number of rotatable bonds is 2. The highest BCUT2D eigenvalue weighted by Crippen LogP contribution is 2.46. The maximum atomic E-state index is 10.2. The molecule has 1 aromatic rings. The van der Waals surface area contributed by atoms with Crippen LogP contribution in [0.15, 0.2) is 12.1 Å². The van der Waals surface area contributed by atoms with E-state index in [1.165, 1.54) is 11.1 Å². The topological polar surface area (TPSA) is 41.5 Å². The number of hydrogen-bond acceptors (Lipinski definition) is 3. The number of benzene rings is 1. The van der Waals surface area contributed by atoms with Crippen LogP contribution in [0.25, 0.3) is 0 Å². The van der Waals surface area contributed by atoms with Gasteiger partial charge in [0, 0.05) is 30.9 Å². The normalized spacial score (nSPS) is 27.5. The molecule has 1 saturated heterocycles. The number of nitrogens with one attached hydrogen (secondary N) is 1. The van der Waals surface area contributed by atoms with E-state index in [4.69, 9.17) is 4.74 Å². The van der Waals surface area contributed by atoms with Crippen molar-refractivity contribution in [2.24, 2.45) is 0 Å². The summed E-state index contributed by atoms with van der Waals surface area (Å²) in [5.41, 5.74) is 3.79. The van der Waals surface area contributed by atoms with Crippen LogP contribution in [-0.4, -0.2) is 24.4 Å². The fourth-order valence-electron chi connectivity index (χ4n) is 3.64. The van der Waals surface area contributed by atoms with Crippen LogP contribution < -0.4 is 5.32 Å². The van der Waals surface area contributed by atoms with E-state index in [0.717, 1.165) is 38.0 Å². The summed E-state index contributed by atoms with van der Waals surface area (Å²) in [6.07, 6.45) is 3.24. The number of aryl methyl sites for hydroxylation is 1. The summed E-state index contributed by atoms with van der Waals surface area (Å²) in [5.74, 6) is 0.981. The number of fused-ring (bicyclic) bond motifs is 1. The second-order valence-electron chi connectivity index (χ2n) is 5.97. The number of ether oxygens (including phenoxy) is 1. The van der Waals surface area contributed by atoms with E-state index in [9.17, 15) is 5.11 Å². The Kier molecular flexibility index (Phi) is 3.50. The molecular weight excluding hydrogens is 238 g/mol. The van der Waals surface area contributed by atoms with Gasteiger partial charge in [-0.1, -0.05) is 13.0 Å². The average molecular weight is 261 g/mol. The number of phenolic OH excluding ortho intramolecular Hbond substituents is 1. The van der Waals surface area contributed by atoms with Gasteiger partial charge in [0.15, 0.2) is 0 Å². The Labute approximate surface area is 115 Å². The van der Waals surface area contributed by atoms with Crippen LogP contribution in [0, 0.1) is 6.92 Å². The van der Waals surface area contributed by atoms with Crippen LogP contribution in [0.4, 0.5) is 0 Å². The van der Waals surface area contributed by atoms with Gasteiger partial charge >= 0.3 is 0 Å². The zero-order valence-electron chi connectivity index (χ0n) is 11.8. The lowest BCUT2D eigenvalue weighted by Gasteiger charge is -2.27. The Morgan fingerprint density at radius 2 is 1.95 bits per heavy atom. The minimum atomic E-state index is 0.299. The molecule has 0 amide bonds. The van der Waals surface area contributed by atoms with Gasteiger partial charge in [-0.05, 0) is 49.3 Å². The first-order valence-corrected chi connectivity index (χ1v) is 7.33. The summed E-state index contributed by atoms with van der Waals surface area (Å²) in [4.78, 5) is 0. The molecule has 0 bridgehead atoms. The third kappa shape index (κ3) is 2.37. The minimum absolute atomic E-state index is 0.299. The van der Waals surface area contributed by atoms with Crippen LogP contribution in [0.5, 0.6) is 5.75 Å². The van der Waals surface area contributed by atoms with Crippen LogP contribution in [0.1, 0.15) is 54.8 Å². The molecule has 0 saturated carbocycles. The summed E-state index contributed by atoms with van der Waals surface area (Å²) in [6, 6.07) is 4.69. The molecule has 0 radical (unpaired) electrons. The second-order valence-corrected chi connectivity index (χ2v) is 5.97. The summed E-state index contributed by atoms with van der Waals surface area (Å²) < 4.78 is 5.41. The smallest absolute Gasteiger partial charge is 0.120 e. The second kappa shape index (κ2) is 5.14. The fourth-order valence-corrected chi connectivity index (χ4v) is 3.64. The van der Waals surface area contributed by atoms with E-state index < -0.39 is 0 Å². The molecule has 1 heterocycles. The molecule has 1 aliphatic carbocycles. The molecule has 1 fully saturated rings. The van der Waals surface area contributed by atoms with Crippen molar-refractivity contribution in [3.63, 3.8) is 0 Å². The van der Waals surface area contributed by atoms with E-state index in [0.29, 0.717) is 23.8 Å². The first-order valence-electron chi connectivity index (χ1n) is 7.33. The SMILES string of the molecule is Cc1ccc(O)c2c1C(C)CC2NC1CCOCC1. The van der Waals surface area contributed by atoms with Gasteiger partial charge in [-0.2, -0.15) is 0 Å². The molecule has 2 unspecified atom stereocenters. The molecule has 2 aliphatic rings. The van der Waals surface area contributed by atoms with Crippen molar-refractivity contribution in [3.8, 4) is 5.75 Å². The molecule has 3 nitrogen and oxygen atoms in total. The molecule has 1 aromatic carbocycles. The molecule has 0 aromatic heterocycles. The van der Waals surface area contributed by atoms with Gasteiger partial charge in [0.25, 0.3) is 0 Å². The highest BCUT2D eigenvalue weighted by atomic mass is 16.5. The van der Waals surface area contributed by atoms with Crippen molar-refractivity contribution in [1.29, 1.82) is 0 Å². The molecule has 3 heteroatoms. The highest BCUT2D eigenvalue weighted by molar-refractivity contribution is 5.50. The average Bonchev–Trinajstić information content (AvgIpc) is 2.73. The molecule has 1 aliphatic heterocycles. The lowest BCUT2D eigenvalue weighted by atomic mass is 9.97. The van der Waals surface area contributed by atoms with Crippen molar-refractivity contribution >= 4 is 0 Å². The summed E-state index contributed by atoms with van der Waals surface area (Å²) in [7, 11) is 0. The first-order chi connectivity index (χ1) is 9.16. The first kappa shape index (κ1) is 12.9. The van der Waals surface area contributed by atoms with Crippen molar-refractivity contribution in [3.05, 3.63) is 28.8 Å². The van der Waals surface area contributed by atoms with E-state index in [1.807, 2.05) is 12.1 Å². The Balaban J connectivity index is 1.84. The molecular formula is C16H23NO2. The highest BCUT2D eigenvalue weighted by Gasteiger charge is 2.33. The van der Waals surface area contributed by atoms with Crippen LogP contribution in [-0.2, 0) is 4.74 Å². The Bertz CT molecular complexity index is 466. The molecule has 0 spiro atoms. The quantitative estimate of drug-likeness (QED) is 0.860. The Morgan fingerprint density at radius 1 is 1.21 bits per heavy atom. The van der Waals surface area contributed by atoms with Gasteiger partial charge in [0.2, 0.25) is 0 Å². The number of phenols is 1. The lowest BCUT2D eigenvalue weighted by Crippen LogP contribution is -2.36. The predicted molar refractivity (Wildman–Crippen MR) is 75.6 cm³/mol.